The molecule has 0 amide bonds. The summed E-state index contributed by atoms with van der Waals surface area (Å²) in [6.07, 6.45) is 14.1. The van der Waals surface area contributed by atoms with Crippen molar-refractivity contribution in [2.24, 2.45) is 0 Å². The van der Waals surface area contributed by atoms with Gasteiger partial charge in [0, 0.05) is 52.9 Å². The van der Waals surface area contributed by atoms with Crippen LogP contribution in [0.4, 0.5) is 11.4 Å². The van der Waals surface area contributed by atoms with Gasteiger partial charge in [-0.05, 0) is 105 Å². The molecule has 3 aliphatic rings. The summed E-state index contributed by atoms with van der Waals surface area (Å²) in [5, 5.41) is 0. The van der Waals surface area contributed by atoms with Crippen molar-refractivity contribution in [1.82, 2.24) is 19.5 Å². The Bertz CT molecular complexity index is 3100. The highest BCUT2D eigenvalue weighted by Gasteiger charge is 2.53. The van der Waals surface area contributed by atoms with Crippen molar-refractivity contribution in [1.29, 1.82) is 0 Å². The number of fused-ring (bicyclic) bond motifs is 15. The van der Waals surface area contributed by atoms with Crippen LogP contribution in [0.15, 0.2) is 195 Å². The number of benzene rings is 5. The van der Waals surface area contributed by atoms with Crippen LogP contribution in [-0.2, 0) is 5.41 Å². The van der Waals surface area contributed by atoms with Gasteiger partial charge in [-0.25, -0.2) is 0 Å². The van der Waals surface area contributed by atoms with E-state index in [2.05, 4.69) is 184 Å². The second-order valence-electron chi connectivity index (χ2n) is 14.9. The van der Waals surface area contributed by atoms with Crippen LogP contribution in [0.5, 0.6) is 0 Å². The maximum atomic E-state index is 5.17. The summed E-state index contributed by atoms with van der Waals surface area (Å²) in [5.41, 5.74) is 20.7. The van der Waals surface area contributed by atoms with E-state index in [1.807, 2.05) is 30.7 Å². The first-order valence-corrected chi connectivity index (χ1v) is 19.3. The maximum Gasteiger partial charge on any atom is 0.115 e. The van der Waals surface area contributed by atoms with Crippen LogP contribution in [0.25, 0.3) is 66.7 Å². The Hall–Kier alpha value is -7.63. The second-order valence-corrected chi connectivity index (χ2v) is 14.9. The summed E-state index contributed by atoms with van der Waals surface area (Å²) in [5.74, 6) is 0. The normalized spacial score (nSPS) is 16.0. The lowest BCUT2D eigenvalue weighted by molar-refractivity contribution is 0.760. The van der Waals surface area contributed by atoms with Crippen LogP contribution in [0.3, 0.4) is 0 Å². The van der Waals surface area contributed by atoms with Crippen molar-refractivity contribution in [3.8, 4) is 39.1 Å². The van der Waals surface area contributed by atoms with Gasteiger partial charge in [0.15, 0.2) is 0 Å². The summed E-state index contributed by atoms with van der Waals surface area (Å²) in [7, 11) is 0. The fourth-order valence-electron chi connectivity index (χ4n) is 9.73. The number of pyridine rings is 3. The van der Waals surface area contributed by atoms with E-state index < -0.39 is 5.41 Å². The fraction of sp³-hybridized carbons (Fsp3) is 0.0192. The van der Waals surface area contributed by atoms with E-state index in [1.54, 1.807) is 0 Å². The van der Waals surface area contributed by atoms with Crippen molar-refractivity contribution in [2.45, 2.75) is 5.41 Å². The average molecular weight is 728 g/mol. The molecular weight excluding hydrogens is 695 g/mol. The van der Waals surface area contributed by atoms with Crippen molar-refractivity contribution < 1.29 is 0 Å². The van der Waals surface area contributed by atoms with E-state index in [0.29, 0.717) is 0 Å². The average Bonchev–Trinajstić information content (AvgIpc) is 3.88. The van der Waals surface area contributed by atoms with Gasteiger partial charge in [0.05, 0.1) is 27.8 Å². The van der Waals surface area contributed by atoms with E-state index in [1.165, 1.54) is 38.9 Å². The summed E-state index contributed by atoms with van der Waals surface area (Å²) in [6, 6.07) is 52.5. The molecule has 0 saturated heterocycles. The van der Waals surface area contributed by atoms with Crippen LogP contribution >= 0.6 is 0 Å². The number of rotatable bonds is 3. The molecule has 9 aromatic rings. The minimum atomic E-state index is -0.536. The molecule has 2 aliphatic carbocycles. The maximum absolute atomic E-state index is 5.17. The van der Waals surface area contributed by atoms with E-state index >= 15 is 0 Å². The summed E-state index contributed by atoms with van der Waals surface area (Å²) in [6.45, 7) is 4.57. The lowest BCUT2D eigenvalue weighted by atomic mass is 9.72. The third kappa shape index (κ3) is 4.31. The van der Waals surface area contributed by atoms with Gasteiger partial charge in [-0.2, -0.15) is 0 Å². The third-order valence-corrected chi connectivity index (χ3v) is 12.1. The Morgan fingerprint density at radius 3 is 1.79 bits per heavy atom. The van der Waals surface area contributed by atoms with Crippen LogP contribution in [0.1, 0.15) is 27.9 Å². The van der Waals surface area contributed by atoms with E-state index in [0.717, 1.165) is 67.1 Å². The van der Waals surface area contributed by atoms with Crippen LogP contribution in [0.2, 0.25) is 0 Å². The number of hydrogen-bond acceptors (Lipinski definition) is 4. The van der Waals surface area contributed by atoms with Gasteiger partial charge in [-0.3, -0.25) is 15.0 Å². The lowest BCUT2D eigenvalue weighted by Crippen LogP contribution is -2.27. The van der Waals surface area contributed by atoms with Crippen molar-refractivity contribution in [3.63, 3.8) is 0 Å². The number of allylic oxidation sites excluding steroid dienone is 4. The first-order valence-electron chi connectivity index (χ1n) is 19.3. The smallest absolute Gasteiger partial charge is 0.115 e. The number of nitrogens with zero attached hydrogens (tertiary/aromatic N) is 5. The van der Waals surface area contributed by atoms with Gasteiger partial charge in [0.1, 0.15) is 11.0 Å². The van der Waals surface area contributed by atoms with Gasteiger partial charge in [-0.15, -0.1) is 0 Å². The van der Waals surface area contributed by atoms with Crippen LogP contribution < -0.4 is 4.90 Å². The molecule has 0 N–H and O–H groups in total. The molecule has 0 fully saturated rings. The van der Waals surface area contributed by atoms with Gasteiger partial charge in [0.2, 0.25) is 0 Å². The second kappa shape index (κ2) is 11.9. The molecular formula is C52H33N5. The molecule has 1 atom stereocenters. The predicted octanol–water partition coefficient (Wildman–Crippen LogP) is 12.2. The molecule has 1 unspecified atom stereocenters. The highest BCUT2D eigenvalue weighted by Crippen LogP contribution is 2.64. The summed E-state index contributed by atoms with van der Waals surface area (Å²) < 4.78 is 2.24. The van der Waals surface area contributed by atoms with Crippen LogP contribution in [0, 0.1) is 0 Å². The Morgan fingerprint density at radius 2 is 1.07 bits per heavy atom. The molecule has 5 nitrogen and oxygen atoms in total. The highest BCUT2D eigenvalue weighted by molar-refractivity contribution is 6.05. The Balaban J connectivity index is 0.994. The minimum Gasteiger partial charge on any atom is -0.316 e. The first kappa shape index (κ1) is 31.7. The molecule has 57 heavy (non-hydrogen) atoms. The summed E-state index contributed by atoms with van der Waals surface area (Å²) >= 11 is 0. The zero-order chi connectivity index (χ0) is 37.7. The molecule has 266 valence electrons. The Kier molecular flexibility index (Phi) is 6.64. The molecule has 5 aromatic carbocycles. The molecule has 0 saturated carbocycles. The molecule has 5 heterocycles. The largest absolute Gasteiger partial charge is 0.316 e. The molecule has 1 aliphatic heterocycles. The number of anilines is 2. The minimum absolute atomic E-state index is 0.536. The molecule has 0 radical (unpaired) electrons. The topological polar surface area (TPSA) is 46.8 Å². The molecule has 5 heteroatoms. The standard InChI is InChI=1S/C52H33N5/c1-33-11-6-7-32-56(36-23-19-34(20-24-36)35-21-25-37(26-22-35)57-45-17-9-29-53-48(45)49-46(57)18-10-30-54-49)50-38(33)27-28-44-47(50)41-13-3-5-16-43(41)52(44)42-15-4-2-12-39(42)40-14-8-31-55-51(40)52/h2-32H,1H2. The molecule has 0 bridgehead atoms. The van der Waals surface area contributed by atoms with Crippen molar-refractivity contribution in [2.75, 3.05) is 4.90 Å². The quantitative estimate of drug-likeness (QED) is 0.182. The SMILES string of the molecule is C=C1C=CC=CN(c2ccc(-c3ccc(-n4c5cccnc5c5ncccc54)cc3)cc2)c2c1ccc1c2-c2ccccc2C12c1ccccc1-c1cccnc12. The Morgan fingerprint density at radius 1 is 0.474 bits per heavy atom. The number of aromatic nitrogens is 4. The monoisotopic (exact) mass is 727 g/mol. The molecule has 12 rings (SSSR count). The molecule has 4 aromatic heterocycles. The van der Waals surface area contributed by atoms with Gasteiger partial charge < -0.3 is 9.47 Å². The van der Waals surface area contributed by atoms with Crippen molar-refractivity contribution >= 4 is 39.0 Å². The van der Waals surface area contributed by atoms with Gasteiger partial charge >= 0.3 is 0 Å². The van der Waals surface area contributed by atoms with E-state index in [9.17, 15) is 0 Å². The third-order valence-electron chi connectivity index (χ3n) is 12.1. The highest BCUT2D eigenvalue weighted by atomic mass is 15.1. The van der Waals surface area contributed by atoms with E-state index in [4.69, 9.17) is 4.98 Å². The first-order chi connectivity index (χ1) is 28.2. The summed E-state index contributed by atoms with van der Waals surface area (Å²) in [4.78, 5) is 16.8. The zero-order valence-corrected chi connectivity index (χ0v) is 30.8. The van der Waals surface area contributed by atoms with E-state index in [-0.39, 0.29) is 0 Å². The zero-order valence-electron chi connectivity index (χ0n) is 30.8. The fourth-order valence-corrected chi connectivity index (χ4v) is 9.73. The van der Waals surface area contributed by atoms with Gasteiger partial charge in [0.25, 0.3) is 0 Å². The van der Waals surface area contributed by atoms with Crippen LogP contribution in [-0.4, -0.2) is 19.5 Å². The molecule has 1 spiro atoms. The number of hydrogen-bond donors (Lipinski definition) is 0. The predicted molar refractivity (Wildman–Crippen MR) is 232 cm³/mol. The Labute approximate surface area is 329 Å². The lowest BCUT2D eigenvalue weighted by Gasteiger charge is -2.31. The van der Waals surface area contributed by atoms with Crippen molar-refractivity contribution in [3.05, 3.63) is 223 Å². The van der Waals surface area contributed by atoms with Gasteiger partial charge in [-0.1, -0.05) is 110 Å².